The molecular formula is C39H25N3. The Balaban J connectivity index is 1.49. The number of para-hydroxylation sites is 2. The molecule has 3 nitrogen and oxygen atoms in total. The van der Waals surface area contributed by atoms with Crippen molar-refractivity contribution in [2.24, 2.45) is 0 Å². The Morgan fingerprint density at radius 2 is 0.952 bits per heavy atom. The highest BCUT2D eigenvalue weighted by molar-refractivity contribution is 6.24. The lowest BCUT2D eigenvalue weighted by Gasteiger charge is -2.14. The summed E-state index contributed by atoms with van der Waals surface area (Å²) in [6, 6.07) is 54.1. The fraction of sp³-hybridized carbons (Fsp3) is 0. The fourth-order valence-electron chi connectivity index (χ4n) is 6.71. The van der Waals surface area contributed by atoms with Crippen LogP contribution in [0.5, 0.6) is 0 Å². The number of nitrogens with zero attached hydrogens (tertiary/aromatic N) is 3. The molecular weight excluding hydrogens is 510 g/mol. The quantitative estimate of drug-likeness (QED) is 0.221. The maximum atomic E-state index is 5.25. The molecule has 9 aromatic rings. The van der Waals surface area contributed by atoms with Gasteiger partial charge in [-0.1, -0.05) is 121 Å². The second kappa shape index (κ2) is 8.92. The predicted molar refractivity (Wildman–Crippen MR) is 176 cm³/mol. The van der Waals surface area contributed by atoms with Crippen LogP contribution in [0.15, 0.2) is 152 Å². The molecule has 9 rings (SSSR count). The Bertz CT molecular complexity index is 2460. The Morgan fingerprint density at radius 1 is 0.381 bits per heavy atom. The molecule has 3 heterocycles. The van der Waals surface area contributed by atoms with Crippen LogP contribution in [0.3, 0.4) is 0 Å². The zero-order chi connectivity index (χ0) is 27.6. The van der Waals surface area contributed by atoms with Gasteiger partial charge in [-0.2, -0.15) is 0 Å². The van der Waals surface area contributed by atoms with Crippen LogP contribution in [0, 0.1) is 0 Å². The first-order valence-corrected chi connectivity index (χ1v) is 14.3. The number of rotatable bonds is 3. The number of aromatic nitrogens is 3. The van der Waals surface area contributed by atoms with E-state index in [1.807, 2.05) is 6.07 Å². The van der Waals surface area contributed by atoms with Crippen molar-refractivity contribution in [2.75, 3.05) is 0 Å². The van der Waals surface area contributed by atoms with Gasteiger partial charge in [-0.15, -0.1) is 0 Å². The van der Waals surface area contributed by atoms with Crippen molar-refractivity contribution in [1.82, 2.24) is 14.1 Å². The highest BCUT2D eigenvalue weighted by Gasteiger charge is 2.22. The van der Waals surface area contributed by atoms with E-state index in [-0.39, 0.29) is 0 Å². The number of pyridine rings is 1. The summed E-state index contributed by atoms with van der Waals surface area (Å²) in [5.41, 5.74) is 7.93. The van der Waals surface area contributed by atoms with Crippen LogP contribution >= 0.6 is 0 Å². The fourth-order valence-corrected chi connectivity index (χ4v) is 6.71. The van der Waals surface area contributed by atoms with E-state index in [9.17, 15) is 0 Å². The number of hydrogen-bond donors (Lipinski definition) is 0. The van der Waals surface area contributed by atoms with Gasteiger partial charge in [0.1, 0.15) is 5.82 Å². The molecule has 0 saturated heterocycles. The maximum absolute atomic E-state index is 5.25. The Kier molecular flexibility index (Phi) is 4.90. The summed E-state index contributed by atoms with van der Waals surface area (Å²) in [5.74, 6) is 0.907. The van der Waals surface area contributed by atoms with Gasteiger partial charge in [0.15, 0.2) is 0 Å². The smallest absolute Gasteiger partial charge is 0.138 e. The van der Waals surface area contributed by atoms with Gasteiger partial charge < -0.3 is 4.57 Å². The van der Waals surface area contributed by atoms with E-state index in [4.69, 9.17) is 4.98 Å². The first kappa shape index (κ1) is 23.1. The Labute approximate surface area is 242 Å². The van der Waals surface area contributed by atoms with Crippen LogP contribution in [-0.4, -0.2) is 14.1 Å². The molecule has 0 spiro atoms. The van der Waals surface area contributed by atoms with Crippen LogP contribution in [0.4, 0.5) is 0 Å². The van der Waals surface area contributed by atoms with Gasteiger partial charge in [0, 0.05) is 32.5 Å². The summed E-state index contributed by atoms with van der Waals surface area (Å²) < 4.78 is 4.83. The van der Waals surface area contributed by atoms with Gasteiger partial charge in [0.2, 0.25) is 0 Å². The molecule has 0 saturated carbocycles. The molecule has 0 aliphatic rings. The highest BCUT2D eigenvalue weighted by Crippen LogP contribution is 2.42. The molecule has 0 amide bonds. The molecule has 3 aromatic heterocycles. The van der Waals surface area contributed by atoms with E-state index in [1.54, 1.807) is 0 Å². The third-order valence-corrected chi connectivity index (χ3v) is 8.51. The summed E-state index contributed by atoms with van der Waals surface area (Å²) in [5, 5.41) is 7.36. The van der Waals surface area contributed by atoms with Gasteiger partial charge in [-0.05, 0) is 35.7 Å². The van der Waals surface area contributed by atoms with E-state index in [0.717, 1.165) is 28.1 Å². The number of hydrogen-bond acceptors (Lipinski definition) is 1. The van der Waals surface area contributed by atoms with Crippen molar-refractivity contribution in [3.8, 4) is 22.8 Å². The maximum Gasteiger partial charge on any atom is 0.138 e. The second-order valence-electron chi connectivity index (χ2n) is 10.8. The van der Waals surface area contributed by atoms with E-state index in [1.165, 1.54) is 49.0 Å². The van der Waals surface area contributed by atoms with Crippen LogP contribution < -0.4 is 0 Å². The predicted octanol–water partition coefficient (Wildman–Crippen LogP) is 10.1. The average Bonchev–Trinajstić information content (AvgIpc) is 3.58. The summed E-state index contributed by atoms with van der Waals surface area (Å²) in [7, 11) is 0. The van der Waals surface area contributed by atoms with Crippen molar-refractivity contribution in [3.63, 3.8) is 0 Å². The SMILES string of the molecule is c1ccc(-c2cccc(-n3c4ccccc4c4ccc5c6ccccc6n(-c6cccc7ccccc67)c5c43)n2)cc1. The summed E-state index contributed by atoms with van der Waals surface area (Å²) in [6.07, 6.45) is 0. The van der Waals surface area contributed by atoms with Crippen molar-refractivity contribution in [1.29, 1.82) is 0 Å². The zero-order valence-corrected chi connectivity index (χ0v) is 22.8. The molecule has 0 unspecified atom stereocenters. The molecule has 3 heteroatoms. The molecule has 0 aliphatic carbocycles. The molecule has 0 atom stereocenters. The molecule has 0 bridgehead atoms. The largest absolute Gasteiger partial charge is 0.307 e. The van der Waals surface area contributed by atoms with E-state index in [2.05, 4.69) is 155 Å². The topological polar surface area (TPSA) is 22.8 Å². The lowest BCUT2D eigenvalue weighted by atomic mass is 10.1. The lowest BCUT2D eigenvalue weighted by Crippen LogP contribution is -2.01. The minimum absolute atomic E-state index is 0.907. The summed E-state index contributed by atoms with van der Waals surface area (Å²) >= 11 is 0. The van der Waals surface area contributed by atoms with Gasteiger partial charge in [0.25, 0.3) is 0 Å². The highest BCUT2D eigenvalue weighted by atomic mass is 15.1. The van der Waals surface area contributed by atoms with Gasteiger partial charge >= 0.3 is 0 Å². The van der Waals surface area contributed by atoms with Crippen molar-refractivity contribution >= 4 is 54.4 Å². The molecule has 0 N–H and O–H groups in total. The van der Waals surface area contributed by atoms with Crippen LogP contribution in [0.25, 0.3) is 77.1 Å². The summed E-state index contributed by atoms with van der Waals surface area (Å²) in [6.45, 7) is 0. The van der Waals surface area contributed by atoms with Gasteiger partial charge in [-0.25, -0.2) is 4.98 Å². The minimum atomic E-state index is 0.907. The number of benzene rings is 6. The molecule has 0 fully saturated rings. The Hall–Kier alpha value is -5.67. The molecule has 42 heavy (non-hydrogen) atoms. The third kappa shape index (κ3) is 3.25. The molecule has 0 radical (unpaired) electrons. The lowest BCUT2D eigenvalue weighted by molar-refractivity contribution is 1.08. The standard InChI is InChI=1S/C39H25N3/c1-2-13-27(14-3-1)33-19-11-23-37(40-33)42-36-21-9-7-18-30(36)32-25-24-31-29-17-6-8-20-35(29)41(38(31)39(32)42)34-22-10-15-26-12-4-5-16-28(26)34/h1-25H. The van der Waals surface area contributed by atoms with Gasteiger partial charge in [0.05, 0.1) is 33.4 Å². The number of fused-ring (bicyclic) bond motifs is 8. The minimum Gasteiger partial charge on any atom is -0.307 e. The van der Waals surface area contributed by atoms with E-state index < -0.39 is 0 Å². The normalized spacial score (nSPS) is 11.8. The average molecular weight is 536 g/mol. The molecule has 6 aromatic carbocycles. The van der Waals surface area contributed by atoms with Crippen LogP contribution in [0.1, 0.15) is 0 Å². The van der Waals surface area contributed by atoms with Crippen LogP contribution in [0.2, 0.25) is 0 Å². The second-order valence-corrected chi connectivity index (χ2v) is 10.8. The van der Waals surface area contributed by atoms with Gasteiger partial charge in [-0.3, -0.25) is 4.57 Å². The third-order valence-electron chi connectivity index (χ3n) is 8.51. The van der Waals surface area contributed by atoms with Crippen molar-refractivity contribution < 1.29 is 0 Å². The molecule has 196 valence electrons. The van der Waals surface area contributed by atoms with E-state index in [0.29, 0.717) is 0 Å². The Morgan fingerprint density at radius 3 is 1.71 bits per heavy atom. The summed E-state index contributed by atoms with van der Waals surface area (Å²) in [4.78, 5) is 5.25. The van der Waals surface area contributed by atoms with E-state index >= 15 is 0 Å². The van der Waals surface area contributed by atoms with Crippen LogP contribution in [-0.2, 0) is 0 Å². The first-order valence-electron chi connectivity index (χ1n) is 14.3. The monoisotopic (exact) mass is 535 g/mol. The van der Waals surface area contributed by atoms with Crippen molar-refractivity contribution in [2.45, 2.75) is 0 Å². The van der Waals surface area contributed by atoms with Crippen molar-refractivity contribution in [3.05, 3.63) is 152 Å². The first-order chi connectivity index (χ1) is 20.9. The zero-order valence-electron chi connectivity index (χ0n) is 22.8. The molecule has 0 aliphatic heterocycles.